The number of hydrogen-bond acceptors (Lipinski definition) is 4. The van der Waals surface area contributed by atoms with Crippen LogP contribution in [-0.2, 0) is 17.1 Å². The van der Waals surface area contributed by atoms with Gasteiger partial charge in [0.2, 0.25) is 0 Å². The van der Waals surface area contributed by atoms with Gasteiger partial charge in [0.1, 0.15) is 5.52 Å². The molecule has 0 fully saturated rings. The number of aromatic nitrogens is 1. The van der Waals surface area contributed by atoms with Gasteiger partial charge in [0.05, 0.1) is 16.6 Å². The molecule has 0 aliphatic carbocycles. The summed E-state index contributed by atoms with van der Waals surface area (Å²) < 4.78 is 27.5. The number of nitrogens with zero attached hydrogens (tertiary/aromatic N) is 1. The number of fused-ring (bicyclic) bond motifs is 1. The molecule has 1 aromatic heterocycles. The van der Waals surface area contributed by atoms with Gasteiger partial charge >= 0.3 is 5.13 Å². The molecule has 114 valence electrons. The normalized spacial score (nSPS) is 11.7. The van der Waals surface area contributed by atoms with E-state index in [2.05, 4.69) is 10.3 Å². The highest BCUT2D eigenvalue weighted by Gasteiger charge is 2.20. The van der Waals surface area contributed by atoms with Crippen LogP contribution < -0.4 is 14.8 Å². The summed E-state index contributed by atoms with van der Waals surface area (Å²) >= 11 is 1.49. The molecule has 0 atom stereocenters. The minimum atomic E-state index is -3.60. The van der Waals surface area contributed by atoms with Gasteiger partial charge in [0.15, 0.2) is 0 Å². The number of nitrogens with one attached hydrogen (secondary N) is 2. The van der Waals surface area contributed by atoms with E-state index in [9.17, 15) is 8.42 Å². The second-order valence-corrected chi connectivity index (χ2v) is 7.69. The predicted octanol–water partition coefficient (Wildman–Crippen LogP) is 2.34. The van der Waals surface area contributed by atoms with E-state index in [0.717, 1.165) is 20.9 Å². The first-order valence-electron chi connectivity index (χ1n) is 6.69. The molecule has 0 aliphatic rings. The van der Waals surface area contributed by atoms with Crippen molar-refractivity contribution >= 4 is 36.7 Å². The van der Waals surface area contributed by atoms with E-state index in [4.69, 9.17) is 0 Å². The Balaban J connectivity index is 1.84. The Kier molecular flexibility index (Phi) is 3.86. The fourth-order valence-electron chi connectivity index (χ4n) is 2.10. The fraction of sp³-hybridized carbons (Fsp3) is 0.133. The lowest BCUT2D eigenvalue weighted by Gasteiger charge is -2.04. The van der Waals surface area contributed by atoms with E-state index < -0.39 is 10.0 Å². The monoisotopic (exact) mass is 334 g/mol. The van der Waals surface area contributed by atoms with Crippen molar-refractivity contribution in [1.29, 1.82) is 0 Å². The van der Waals surface area contributed by atoms with Gasteiger partial charge in [-0.1, -0.05) is 29.8 Å². The van der Waals surface area contributed by atoms with Gasteiger partial charge in [0, 0.05) is 0 Å². The number of rotatable bonds is 4. The third-order valence-electron chi connectivity index (χ3n) is 3.36. The number of para-hydroxylation sites is 1. The lowest BCUT2D eigenvalue weighted by atomic mass is 10.2. The highest BCUT2D eigenvalue weighted by Crippen LogP contribution is 2.22. The maximum Gasteiger partial charge on any atom is 0.353 e. The van der Waals surface area contributed by atoms with Gasteiger partial charge in [0.25, 0.3) is 10.0 Å². The summed E-state index contributed by atoms with van der Waals surface area (Å²) in [4.78, 5) is 2.66. The van der Waals surface area contributed by atoms with E-state index >= 15 is 0 Å². The predicted molar refractivity (Wildman–Crippen MR) is 88.1 cm³/mol. The van der Waals surface area contributed by atoms with Crippen LogP contribution in [0.4, 0.5) is 5.13 Å². The van der Waals surface area contributed by atoms with Crippen molar-refractivity contribution in [2.45, 2.75) is 11.8 Å². The zero-order chi connectivity index (χ0) is 15.7. The van der Waals surface area contributed by atoms with Crippen molar-refractivity contribution in [3.05, 3.63) is 54.1 Å². The van der Waals surface area contributed by atoms with E-state index in [1.54, 1.807) is 24.3 Å². The second kappa shape index (κ2) is 5.68. The van der Waals surface area contributed by atoms with Crippen LogP contribution in [0.25, 0.3) is 10.2 Å². The van der Waals surface area contributed by atoms with E-state index in [1.807, 2.05) is 42.8 Å². The van der Waals surface area contributed by atoms with Crippen molar-refractivity contribution in [3.8, 4) is 0 Å². The fourth-order valence-corrected chi connectivity index (χ4v) is 4.01. The number of thiazole rings is 1. The van der Waals surface area contributed by atoms with Crippen LogP contribution in [0.2, 0.25) is 0 Å². The number of hydrazine groups is 1. The summed E-state index contributed by atoms with van der Waals surface area (Å²) in [7, 11) is -1.71. The molecule has 0 spiro atoms. The minimum Gasteiger partial charge on any atom is -0.218 e. The third-order valence-corrected chi connectivity index (χ3v) is 5.76. The topological polar surface area (TPSA) is 62.1 Å². The van der Waals surface area contributed by atoms with Crippen molar-refractivity contribution in [2.75, 3.05) is 5.43 Å². The van der Waals surface area contributed by atoms with Gasteiger partial charge in [-0.3, -0.25) is 0 Å². The molecular formula is C15H16N3O2S2+. The quantitative estimate of drug-likeness (QED) is 0.569. The number of hydrogen-bond donors (Lipinski definition) is 2. The SMILES string of the molecule is Cc1ccc(S(=O)(=O)NNc2sc3ccccc3[n+]2C)cc1. The number of benzene rings is 2. The Bertz CT molecular complexity index is 916. The van der Waals surface area contributed by atoms with Crippen LogP contribution >= 0.6 is 11.3 Å². The Morgan fingerprint density at radius 3 is 2.41 bits per heavy atom. The highest BCUT2D eigenvalue weighted by molar-refractivity contribution is 7.89. The molecule has 0 aliphatic heterocycles. The molecule has 2 N–H and O–H groups in total. The van der Waals surface area contributed by atoms with Gasteiger partial charge < -0.3 is 0 Å². The average Bonchev–Trinajstić information content (AvgIpc) is 2.83. The molecule has 2 aromatic carbocycles. The van der Waals surface area contributed by atoms with Gasteiger partial charge in [-0.15, -0.1) is 0 Å². The summed E-state index contributed by atoms with van der Waals surface area (Å²) in [5, 5.41) is 0.719. The Labute approximate surface area is 133 Å². The third kappa shape index (κ3) is 2.83. The molecule has 3 aromatic rings. The first-order valence-corrected chi connectivity index (χ1v) is 8.99. The van der Waals surface area contributed by atoms with Gasteiger partial charge in [-0.2, -0.15) is 5.43 Å². The zero-order valence-electron chi connectivity index (χ0n) is 12.2. The summed E-state index contributed by atoms with van der Waals surface area (Å²) in [6.07, 6.45) is 0. The molecule has 0 unspecified atom stereocenters. The molecule has 22 heavy (non-hydrogen) atoms. The Morgan fingerprint density at radius 2 is 1.73 bits per heavy atom. The molecule has 0 saturated carbocycles. The number of aryl methyl sites for hydroxylation is 2. The van der Waals surface area contributed by atoms with Crippen LogP contribution in [0.5, 0.6) is 0 Å². The lowest BCUT2D eigenvalue weighted by molar-refractivity contribution is -0.626. The van der Waals surface area contributed by atoms with Crippen LogP contribution in [0, 0.1) is 6.92 Å². The zero-order valence-corrected chi connectivity index (χ0v) is 13.8. The van der Waals surface area contributed by atoms with E-state index in [1.165, 1.54) is 11.3 Å². The van der Waals surface area contributed by atoms with Crippen molar-refractivity contribution in [3.63, 3.8) is 0 Å². The molecule has 5 nitrogen and oxygen atoms in total. The smallest absolute Gasteiger partial charge is 0.218 e. The van der Waals surface area contributed by atoms with Crippen molar-refractivity contribution in [2.24, 2.45) is 7.05 Å². The Hall–Kier alpha value is -1.96. The number of anilines is 1. The second-order valence-electron chi connectivity index (χ2n) is 4.98. The largest absolute Gasteiger partial charge is 0.353 e. The molecule has 0 saturated heterocycles. The van der Waals surface area contributed by atoms with Crippen LogP contribution in [0.1, 0.15) is 5.56 Å². The van der Waals surface area contributed by atoms with E-state index in [0.29, 0.717) is 0 Å². The molecule has 1 heterocycles. The lowest BCUT2D eigenvalue weighted by Crippen LogP contribution is -2.37. The van der Waals surface area contributed by atoms with Crippen LogP contribution in [0.15, 0.2) is 53.4 Å². The maximum atomic E-state index is 12.3. The first-order chi connectivity index (χ1) is 10.5. The summed E-state index contributed by atoms with van der Waals surface area (Å²) in [6.45, 7) is 1.92. The molecule has 7 heteroatoms. The molecule has 0 bridgehead atoms. The molecule has 3 rings (SSSR count). The van der Waals surface area contributed by atoms with Crippen molar-refractivity contribution in [1.82, 2.24) is 4.83 Å². The molecule has 0 amide bonds. The summed E-state index contributed by atoms with van der Waals surface area (Å²) in [6, 6.07) is 14.6. The Morgan fingerprint density at radius 1 is 1.05 bits per heavy atom. The molecular weight excluding hydrogens is 318 g/mol. The van der Waals surface area contributed by atoms with Crippen LogP contribution in [0.3, 0.4) is 0 Å². The number of sulfonamides is 1. The summed E-state index contributed by atoms with van der Waals surface area (Å²) in [5.41, 5.74) is 4.86. The van der Waals surface area contributed by atoms with Crippen LogP contribution in [-0.4, -0.2) is 8.42 Å². The van der Waals surface area contributed by atoms with Crippen molar-refractivity contribution < 1.29 is 13.0 Å². The van der Waals surface area contributed by atoms with Gasteiger partial charge in [-0.25, -0.2) is 13.0 Å². The minimum absolute atomic E-state index is 0.231. The highest BCUT2D eigenvalue weighted by atomic mass is 32.2. The summed E-state index contributed by atoms with van der Waals surface area (Å²) in [5.74, 6) is 0. The maximum absolute atomic E-state index is 12.3. The first kappa shape index (κ1) is 15.0. The van der Waals surface area contributed by atoms with E-state index in [-0.39, 0.29) is 4.90 Å². The van der Waals surface area contributed by atoms with Gasteiger partial charge in [-0.05, 0) is 47.4 Å². The molecule has 0 radical (unpaired) electrons. The average molecular weight is 334 g/mol. The standard InChI is InChI=1S/C15H15N3O2S2/c1-11-7-9-12(10-8-11)22(19,20)17-16-15-18(2)13-5-3-4-6-14(13)21-15/h3-10,17H,1-2H3/p+1.